The average Bonchev–Trinajstić information content (AvgIpc) is 3.12. The monoisotopic (exact) mass is 332 g/mol. The predicted molar refractivity (Wildman–Crippen MR) is 91.5 cm³/mol. The van der Waals surface area contributed by atoms with E-state index in [4.69, 9.17) is 9.47 Å². The molecule has 2 saturated heterocycles. The summed E-state index contributed by atoms with van der Waals surface area (Å²) in [6, 6.07) is 6.34. The second-order valence-electron chi connectivity index (χ2n) is 6.86. The highest BCUT2D eigenvalue weighted by atomic mass is 16.7. The van der Waals surface area contributed by atoms with E-state index in [2.05, 4.69) is 29.8 Å². The summed E-state index contributed by atoms with van der Waals surface area (Å²) in [5.74, 6) is 0.267. The number of aromatic nitrogens is 1. The first-order valence-electron chi connectivity index (χ1n) is 9.12. The predicted octanol–water partition coefficient (Wildman–Crippen LogP) is 2.89. The molecule has 1 atom stereocenters. The first-order chi connectivity index (χ1) is 11.7. The Kier molecular flexibility index (Phi) is 5.51. The number of hydrogen-bond acceptors (Lipinski definition) is 4. The molecule has 2 fully saturated rings. The van der Waals surface area contributed by atoms with Gasteiger partial charge >= 0.3 is 0 Å². The van der Waals surface area contributed by atoms with Gasteiger partial charge in [0.05, 0.1) is 13.2 Å². The quantitative estimate of drug-likeness (QED) is 0.804. The molecule has 0 spiro atoms. The SMILES string of the molecule is CCC(CC)N1CC(CC2OCCO2)(c2ccccn2)CCC1=O. The first kappa shape index (κ1) is 17.4. The number of pyridine rings is 1. The normalized spacial score (nSPS) is 25.6. The Hall–Kier alpha value is -1.46. The zero-order valence-corrected chi connectivity index (χ0v) is 14.7. The van der Waals surface area contributed by atoms with Crippen molar-refractivity contribution in [1.29, 1.82) is 0 Å². The Morgan fingerprint density at radius 3 is 2.67 bits per heavy atom. The van der Waals surface area contributed by atoms with Crippen LogP contribution in [0.15, 0.2) is 24.4 Å². The molecule has 0 radical (unpaired) electrons. The Morgan fingerprint density at radius 1 is 1.29 bits per heavy atom. The standard InChI is InChI=1S/C19H28N2O3/c1-3-15(4-2)21-14-19(9-8-17(21)22,13-18-23-11-12-24-18)16-7-5-6-10-20-16/h5-7,10,15,18H,3-4,8-9,11-14H2,1-2H3. The summed E-state index contributed by atoms with van der Waals surface area (Å²) >= 11 is 0. The molecule has 1 aromatic rings. The third kappa shape index (κ3) is 3.47. The van der Waals surface area contributed by atoms with Gasteiger partial charge in [-0.1, -0.05) is 19.9 Å². The topological polar surface area (TPSA) is 51.7 Å². The molecule has 3 rings (SSSR count). The van der Waals surface area contributed by atoms with Crippen molar-refractivity contribution in [2.24, 2.45) is 0 Å². The Bertz CT molecular complexity index is 541. The molecule has 0 aromatic carbocycles. The third-order valence-corrected chi connectivity index (χ3v) is 5.45. The molecule has 0 aliphatic carbocycles. The fourth-order valence-electron chi connectivity index (χ4n) is 4.05. The first-order valence-corrected chi connectivity index (χ1v) is 9.12. The Balaban J connectivity index is 1.90. The highest BCUT2D eigenvalue weighted by Crippen LogP contribution is 2.40. The van der Waals surface area contributed by atoms with Gasteiger partial charge in [-0.15, -0.1) is 0 Å². The maximum atomic E-state index is 12.6. The summed E-state index contributed by atoms with van der Waals surface area (Å²) in [5, 5.41) is 0. The van der Waals surface area contributed by atoms with Crippen LogP contribution in [0.5, 0.6) is 0 Å². The van der Waals surface area contributed by atoms with Crippen molar-refractivity contribution in [3.05, 3.63) is 30.1 Å². The fraction of sp³-hybridized carbons (Fsp3) is 0.684. The smallest absolute Gasteiger partial charge is 0.222 e. The number of amides is 1. The largest absolute Gasteiger partial charge is 0.350 e. The van der Waals surface area contributed by atoms with E-state index in [1.54, 1.807) is 0 Å². The molecule has 2 aliphatic rings. The molecule has 24 heavy (non-hydrogen) atoms. The van der Waals surface area contributed by atoms with Crippen LogP contribution < -0.4 is 0 Å². The molecule has 0 saturated carbocycles. The van der Waals surface area contributed by atoms with Crippen LogP contribution in [-0.4, -0.2) is 47.9 Å². The van der Waals surface area contributed by atoms with E-state index in [1.807, 2.05) is 18.3 Å². The number of carbonyl (C=O) groups is 1. The van der Waals surface area contributed by atoms with Gasteiger partial charge in [0.2, 0.25) is 5.91 Å². The molecule has 1 aromatic heterocycles. The van der Waals surface area contributed by atoms with Gasteiger partial charge in [0.15, 0.2) is 6.29 Å². The van der Waals surface area contributed by atoms with Gasteiger partial charge in [-0.3, -0.25) is 9.78 Å². The van der Waals surface area contributed by atoms with Crippen molar-refractivity contribution in [3.63, 3.8) is 0 Å². The van der Waals surface area contributed by atoms with Crippen LogP contribution in [0.25, 0.3) is 0 Å². The molecule has 5 heteroatoms. The van der Waals surface area contributed by atoms with Gasteiger partial charge in [0.25, 0.3) is 0 Å². The minimum atomic E-state index is -0.191. The summed E-state index contributed by atoms with van der Waals surface area (Å²) < 4.78 is 11.4. The van der Waals surface area contributed by atoms with Gasteiger partial charge in [0, 0.05) is 42.7 Å². The van der Waals surface area contributed by atoms with Crippen molar-refractivity contribution in [2.45, 2.75) is 63.7 Å². The minimum absolute atomic E-state index is 0.188. The molecule has 1 amide bonds. The molecule has 5 nitrogen and oxygen atoms in total. The second kappa shape index (κ2) is 7.62. The summed E-state index contributed by atoms with van der Waals surface area (Å²) in [7, 11) is 0. The lowest BCUT2D eigenvalue weighted by atomic mass is 9.73. The van der Waals surface area contributed by atoms with Crippen LogP contribution in [-0.2, 0) is 19.7 Å². The lowest BCUT2D eigenvalue weighted by molar-refractivity contribution is -0.141. The van der Waals surface area contributed by atoms with Gasteiger partial charge in [-0.2, -0.15) is 0 Å². The van der Waals surface area contributed by atoms with Gasteiger partial charge in [-0.25, -0.2) is 0 Å². The van der Waals surface area contributed by atoms with E-state index < -0.39 is 0 Å². The van der Waals surface area contributed by atoms with E-state index in [9.17, 15) is 4.79 Å². The van der Waals surface area contributed by atoms with Gasteiger partial charge in [0.1, 0.15) is 0 Å². The van der Waals surface area contributed by atoms with E-state index in [0.29, 0.717) is 32.2 Å². The van der Waals surface area contributed by atoms with E-state index in [-0.39, 0.29) is 17.6 Å². The average molecular weight is 332 g/mol. The lowest BCUT2D eigenvalue weighted by Crippen LogP contribution is -2.54. The van der Waals surface area contributed by atoms with Crippen molar-refractivity contribution in [2.75, 3.05) is 19.8 Å². The van der Waals surface area contributed by atoms with Crippen LogP contribution in [0.3, 0.4) is 0 Å². The molecule has 132 valence electrons. The van der Waals surface area contributed by atoms with Crippen LogP contribution >= 0.6 is 0 Å². The highest BCUT2D eigenvalue weighted by Gasteiger charge is 2.45. The van der Waals surface area contributed by atoms with Crippen molar-refractivity contribution in [1.82, 2.24) is 9.88 Å². The number of piperidine rings is 1. The number of hydrogen-bond donors (Lipinski definition) is 0. The Labute approximate surface area is 144 Å². The summed E-state index contributed by atoms with van der Waals surface area (Å²) in [6.07, 6.45) is 5.75. The maximum Gasteiger partial charge on any atom is 0.222 e. The molecule has 0 bridgehead atoms. The van der Waals surface area contributed by atoms with Crippen molar-refractivity contribution >= 4 is 5.91 Å². The fourth-order valence-corrected chi connectivity index (χ4v) is 4.05. The molecular formula is C19H28N2O3. The van der Waals surface area contributed by atoms with Gasteiger partial charge < -0.3 is 14.4 Å². The van der Waals surface area contributed by atoms with E-state index >= 15 is 0 Å². The minimum Gasteiger partial charge on any atom is -0.350 e. The maximum absolute atomic E-state index is 12.6. The molecule has 0 N–H and O–H groups in total. The van der Waals surface area contributed by atoms with Crippen LogP contribution in [0.2, 0.25) is 0 Å². The summed E-state index contributed by atoms with van der Waals surface area (Å²) in [6.45, 7) is 6.32. The lowest BCUT2D eigenvalue weighted by Gasteiger charge is -2.45. The van der Waals surface area contributed by atoms with Crippen LogP contribution in [0.4, 0.5) is 0 Å². The highest BCUT2D eigenvalue weighted by molar-refractivity contribution is 5.78. The van der Waals surface area contributed by atoms with Gasteiger partial charge in [-0.05, 0) is 31.4 Å². The Morgan fingerprint density at radius 2 is 2.04 bits per heavy atom. The zero-order chi connectivity index (χ0) is 17.0. The van der Waals surface area contributed by atoms with Crippen molar-refractivity contribution in [3.8, 4) is 0 Å². The number of likely N-dealkylation sites (tertiary alicyclic amines) is 1. The van der Waals surface area contributed by atoms with Crippen LogP contribution in [0, 0.1) is 0 Å². The zero-order valence-electron chi connectivity index (χ0n) is 14.7. The molecule has 2 aliphatic heterocycles. The number of carbonyl (C=O) groups excluding carboxylic acids is 1. The third-order valence-electron chi connectivity index (χ3n) is 5.45. The number of nitrogens with zero attached hydrogens (tertiary/aromatic N) is 2. The molecule has 1 unspecified atom stereocenters. The number of ether oxygens (including phenoxy) is 2. The molecular weight excluding hydrogens is 304 g/mol. The number of rotatable bonds is 6. The van der Waals surface area contributed by atoms with Crippen LogP contribution in [0.1, 0.15) is 51.6 Å². The van der Waals surface area contributed by atoms with E-state index in [1.165, 1.54) is 0 Å². The summed E-state index contributed by atoms with van der Waals surface area (Å²) in [4.78, 5) is 19.3. The van der Waals surface area contributed by atoms with E-state index in [0.717, 1.165) is 31.4 Å². The molecule has 3 heterocycles. The second-order valence-corrected chi connectivity index (χ2v) is 6.86. The van der Waals surface area contributed by atoms with Crippen molar-refractivity contribution < 1.29 is 14.3 Å². The summed E-state index contributed by atoms with van der Waals surface area (Å²) in [5.41, 5.74) is 0.861.